The van der Waals surface area contributed by atoms with Crippen molar-refractivity contribution in [1.82, 2.24) is 35.6 Å². The number of carbonyl (C=O) groups is 2. The first-order valence-corrected chi connectivity index (χ1v) is 17.8. The largest absolute Gasteiger partial charge is 0.481 e. The first-order chi connectivity index (χ1) is 25.2. The van der Waals surface area contributed by atoms with Gasteiger partial charge in [0, 0.05) is 97.4 Å². The topological polar surface area (TPSA) is 139 Å². The maximum absolute atomic E-state index is 15.6. The highest BCUT2D eigenvalue weighted by atomic mass is 35.5. The summed E-state index contributed by atoms with van der Waals surface area (Å²) in [6, 6.07) is 16.0. The van der Waals surface area contributed by atoms with Gasteiger partial charge in [-0.05, 0) is 30.5 Å². The Bertz CT molecular complexity index is 2250. The average molecular weight is 745 g/mol. The van der Waals surface area contributed by atoms with Crippen molar-refractivity contribution in [2.24, 2.45) is 0 Å². The van der Waals surface area contributed by atoms with E-state index in [0.717, 1.165) is 18.4 Å². The Kier molecular flexibility index (Phi) is 10.5. The van der Waals surface area contributed by atoms with E-state index in [1.807, 2.05) is 30.3 Å². The van der Waals surface area contributed by atoms with Gasteiger partial charge in [-0.2, -0.15) is 0 Å². The average Bonchev–Trinajstić information content (AvgIpc) is 3.76. The molecule has 2 saturated heterocycles. The van der Waals surface area contributed by atoms with Crippen LogP contribution in [0, 0.1) is 5.82 Å². The number of nitrogens with one attached hydrogen (secondary N) is 4. The maximum Gasteiger partial charge on any atom is 0.262 e. The first kappa shape index (κ1) is 35.5. The van der Waals surface area contributed by atoms with Gasteiger partial charge in [-0.15, -0.1) is 0 Å². The smallest absolute Gasteiger partial charge is 0.262 e. The quantitative estimate of drug-likeness (QED) is 0.136. The number of hydrogen-bond donors (Lipinski definition) is 4. The Labute approximate surface area is 308 Å². The molecule has 2 amide bonds. The molecule has 2 fully saturated rings. The van der Waals surface area contributed by atoms with Crippen molar-refractivity contribution in [2.75, 3.05) is 20.2 Å². The molecular weight excluding hydrogens is 708 g/mol. The monoisotopic (exact) mass is 743 g/mol. The number of hydrogen-bond acceptors (Lipinski definition) is 8. The Balaban J connectivity index is 1.12. The van der Waals surface area contributed by atoms with Gasteiger partial charge in [0.25, 0.3) is 5.56 Å². The van der Waals surface area contributed by atoms with Gasteiger partial charge in [-0.1, -0.05) is 59.6 Å². The molecule has 0 radical (unpaired) electrons. The molecular formula is C38H36Cl2FN7O4. The second-order valence-corrected chi connectivity index (χ2v) is 13.7. The van der Waals surface area contributed by atoms with Crippen LogP contribution in [0.1, 0.15) is 36.8 Å². The standard InChI is InChI=1S/C38H36Cl2FN7O4/c1-52-37-29(20-43-19-24-9-11-34(50)46-24)30(41)15-31(47-37)28-7-3-6-27(36(28)40)26-5-2-4-25(35(26)39)21-12-13-48-32(14-21)44-17-22(38(48)51)16-42-18-23-8-10-33(49)45-23/h2-7,12-15,17,23-24,42-43H,8-11,16,18-20H2,1H3,(H,45,49)(H,46,50)/t23-,24+/m0/s1. The second-order valence-electron chi connectivity index (χ2n) is 12.9. The Morgan fingerprint density at radius 3 is 2.12 bits per heavy atom. The SMILES string of the molecule is COc1nc(-c2cccc(-c3cccc(-c4ccn5c(=O)c(CNC[C@@H]6CCC(=O)N6)cnc5c4)c3Cl)c2Cl)cc(F)c1CNC[C@H]1CCC(=O)N1. The third kappa shape index (κ3) is 7.38. The number of fused-ring (bicyclic) bond motifs is 1. The van der Waals surface area contributed by atoms with Gasteiger partial charge in [-0.25, -0.2) is 14.4 Å². The van der Waals surface area contributed by atoms with Gasteiger partial charge in [0.15, 0.2) is 0 Å². The summed E-state index contributed by atoms with van der Waals surface area (Å²) in [7, 11) is 1.44. The minimum Gasteiger partial charge on any atom is -0.481 e. The first-order valence-electron chi connectivity index (χ1n) is 17.0. The zero-order chi connectivity index (χ0) is 36.4. The molecule has 0 saturated carbocycles. The van der Waals surface area contributed by atoms with E-state index in [1.165, 1.54) is 17.6 Å². The van der Waals surface area contributed by atoms with Gasteiger partial charge >= 0.3 is 0 Å². The van der Waals surface area contributed by atoms with Crippen molar-refractivity contribution >= 4 is 40.7 Å². The van der Waals surface area contributed by atoms with Crippen LogP contribution >= 0.6 is 23.2 Å². The van der Waals surface area contributed by atoms with E-state index in [-0.39, 0.29) is 47.4 Å². The normalized spacial score (nSPS) is 17.1. The zero-order valence-electron chi connectivity index (χ0n) is 28.3. The predicted molar refractivity (Wildman–Crippen MR) is 198 cm³/mol. The van der Waals surface area contributed by atoms with Crippen molar-refractivity contribution < 1.29 is 18.7 Å². The van der Waals surface area contributed by atoms with Crippen molar-refractivity contribution in [1.29, 1.82) is 0 Å². The number of rotatable bonds is 12. The van der Waals surface area contributed by atoms with Crippen LogP contribution in [0.4, 0.5) is 4.39 Å². The van der Waals surface area contributed by atoms with Crippen LogP contribution in [0.3, 0.4) is 0 Å². The van der Waals surface area contributed by atoms with Crippen LogP contribution in [0.25, 0.3) is 39.2 Å². The van der Waals surface area contributed by atoms with Crippen LogP contribution < -0.4 is 31.6 Å². The molecule has 11 nitrogen and oxygen atoms in total. The minimum absolute atomic E-state index is 0.00389. The molecule has 0 unspecified atom stereocenters. The van der Waals surface area contributed by atoms with E-state index in [4.69, 9.17) is 27.9 Å². The number of amides is 2. The van der Waals surface area contributed by atoms with E-state index in [2.05, 4.69) is 31.2 Å². The van der Waals surface area contributed by atoms with Crippen molar-refractivity contribution in [3.63, 3.8) is 0 Å². The summed E-state index contributed by atoms with van der Waals surface area (Å²) in [5.41, 5.74) is 4.60. The molecule has 5 aromatic rings. The molecule has 2 aliphatic heterocycles. The fraction of sp³-hybridized carbons (Fsp3) is 0.289. The summed E-state index contributed by atoms with van der Waals surface area (Å²) < 4.78 is 22.5. The number of nitrogens with zero attached hydrogens (tertiary/aromatic N) is 3. The van der Waals surface area contributed by atoms with E-state index in [0.29, 0.717) is 81.7 Å². The molecule has 268 valence electrons. The van der Waals surface area contributed by atoms with Crippen LogP contribution in [-0.4, -0.2) is 58.5 Å². The maximum atomic E-state index is 15.6. The number of methoxy groups -OCH3 is 1. The third-order valence-electron chi connectivity index (χ3n) is 9.45. The van der Waals surface area contributed by atoms with Crippen LogP contribution in [0.15, 0.2) is 71.8 Å². The van der Waals surface area contributed by atoms with Crippen LogP contribution in [-0.2, 0) is 22.7 Å². The highest BCUT2D eigenvalue weighted by Crippen LogP contribution is 2.42. The number of carbonyl (C=O) groups excluding carboxylic acids is 2. The van der Waals surface area contributed by atoms with Gasteiger partial charge in [0.05, 0.1) is 28.4 Å². The lowest BCUT2D eigenvalue weighted by atomic mass is 9.97. The van der Waals surface area contributed by atoms with E-state index >= 15 is 4.39 Å². The fourth-order valence-corrected chi connectivity index (χ4v) is 7.36. The second kappa shape index (κ2) is 15.4. The lowest BCUT2D eigenvalue weighted by molar-refractivity contribution is -0.120. The van der Waals surface area contributed by atoms with Crippen molar-refractivity contribution in [3.05, 3.63) is 104 Å². The summed E-state index contributed by atoms with van der Waals surface area (Å²) in [5, 5.41) is 13.0. The van der Waals surface area contributed by atoms with Gasteiger partial charge < -0.3 is 26.0 Å². The molecule has 2 atom stereocenters. The molecule has 0 bridgehead atoms. The molecule has 0 spiro atoms. The van der Waals surface area contributed by atoms with Gasteiger partial charge in [-0.3, -0.25) is 18.8 Å². The number of benzene rings is 2. The minimum atomic E-state index is -0.502. The number of halogens is 3. The number of aromatic nitrogens is 3. The highest BCUT2D eigenvalue weighted by molar-refractivity contribution is 6.39. The summed E-state index contributed by atoms with van der Waals surface area (Å²) in [5.74, 6) is -0.304. The number of ether oxygens (including phenoxy) is 1. The van der Waals surface area contributed by atoms with Crippen molar-refractivity contribution in [3.8, 4) is 39.4 Å². The zero-order valence-corrected chi connectivity index (χ0v) is 29.8. The fourth-order valence-electron chi connectivity index (χ4n) is 6.70. The molecule has 4 N–H and O–H groups in total. The molecule has 14 heteroatoms. The van der Waals surface area contributed by atoms with Gasteiger partial charge in [0.1, 0.15) is 11.5 Å². The summed E-state index contributed by atoms with van der Waals surface area (Å²) in [6.07, 6.45) is 5.76. The van der Waals surface area contributed by atoms with Crippen LogP contribution in [0.5, 0.6) is 5.88 Å². The van der Waals surface area contributed by atoms with E-state index < -0.39 is 5.82 Å². The lowest BCUT2D eigenvalue weighted by Crippen LogP contribution is -2.36. The third-order valence-corrected chi connectivity index (χ3v) is 10.3. The Morgan fingerprint density at radius 2 is 1.48 bits per heavy atom. The van der Waals surface area contributed by atoms with Crippen molar-refractivity contribution in [2.45, 2.75) is 50.9 Å². The molecule has 52 heavy (non-hydrogen) atoms. The lowest BCUT2D eigenvalue weighted by Gasteiger charge is -2.16. The number of pyridine rings is 2. The molecule has 7 rings (SSSR count). The summed E-state index contributed by atoms with van der Waals surface area (Å²) >= 11 is 14.1. The summed E-state index contributed by atoms with van der Waals surface area (Å²) in [6.45, 7) is 1.57. The van der Waals surface area contributed by atoms with Gasteiger partial charge in [0.2, 0.25) is 17.7 Å². The van der Waals surface area contributed by atoms with Crippen LogP contribution in [0.2, 0.25) is 10.0 Å². The predicted octanol–water partition coefficient (Wildman–Crippen LogP) is 5.28. The Morgan fingerprint density at radius 1 is 0.865 bits per heavy atom. The molecule has 5 heterocycles. The molecule has 0 aliphatic carbocycles. The Hall–Kier alpha value is -4.88. The highest BCUT2D eigenvalue weighted by Gasteiger charge is 2.23. The summed E-state index contributed by atoms with van der Waals surface area (Å²) in [4.78, 5) is 45.4. The van der Waals surface area contributed by atoms with E-state index in [9.17, 15) is 14.4 Å². The van der Waals surface area contributed by atoms with E-state index in [1.54, 1.807) is 30.6 Å². The molecule has 3 aromatic heterocycles. The molecule has 2 aliphatic rings. The molecule has 2 aromatic carbocycles.